The molecule has 0 bridgehead atoms. The van der Waals surface area contributed by atoms with E-state index in [1.165, 1.54) is 0 Å². The van der Waals surface area contributed by atoms with E-state index in [2.05, 4.69) is 27.3 Å². The van der Waals surface area contributed by atoms with Gasteiger partial charge in [0.05, 0.1) is 4.90 Å². The molecule has 32 heavy (non-hydrogen) atoms. The van der Waals surface area contributed by atoms with Gasteiger partial charge in [-0.3, -0.25) is 0 Å². The molecular weight excluding hydrogens is 424 g/mol. The van der Waals surface area contributed by atoms with Crippen molar-refractivity contribution in [3.8, 4) is 0 Å². The van der Waals surface area contributed by atoms with Crippen molar-refractivity contribution in [1.29, 1.82) is 0 Å². The average molecular weight is 457 g/mol. The highest BCUT2D eigenvalue weighted by molar-refractivity contribution is 7.89. The predicted octanol–water partition coefficient (Wildman–Crippen LogP) is 2.68. The maximum absolute atomic E-state index is 13.6. The van der Waals surface area contributed by atoms with Crippen LogP contribution in [0.1, 0.15) is 49.0 Å². The first kappa shape index (κ1) is 22.8. The van der Waals surface area contributed by atoms with Gasteiger partial charge in [-0.05, 0) is 76.4 Å². The number of aryl methyl sites for hydroxylation is 4. The average Bonchev–Trinajstić information content (AvgIpc) is 3.20. The minimum Gasteiger partial charge on any atom is -0.317 e. The fourth-order valence-corrected chi connectivity index (χ4v) is 6.06. The Morgan fingerprint density at radius 3 is 2.53 bits per heavy atom. The van der Waals surface area contributed by atoms with Gasteiger partial charge in [0.2, 0.25) is 10.0 Å². The lowest BCUT2D eigenvalue weighted by atomic mass is 10.1. The molecule has 1 aliphatic rings. The largest absolute Gasteiger partial charge is 0.317 e. The first-order valence-corrected chi connectivity index (χ1v) is 12.8. The number of hydrogen-bond donors (Lipinski definition) is 1. The molecule has 9 heteroatoms. The van der Waals surface area contributed by atoms with Crippen LogP contribution >= 0.6 is 0 Å². The topological polar surface area (TPSA) is 92.5 Å². The van der Waals surface area contributed by atoms with E-state index in [1.807, 2.05) is 32.0 Å². The maximum Gasteiger partial charge on any atom is 0.252 e. The zero-order valence-corrected chi connectivity index (χ0v) is 19.9. The van der Waals surface area contributed by atoms with Gasteiger partial charge in [0.25, 0.3) is 5.78 Å². The molecule has 0 unspecified atom stereocenters. The van der Waals surface area contributed by atoms with Gasteiger partial charge in [-0.15, -0.1) is 5.10 Å². The second kappa shape index (κ2) is 9.64. The van der Waals surface area contributed by atoms with Crippen molar-refractivity contribution in [3.63, 3.8) is 0 Å². The predicted molar refractivity (Wildman–Crippen MR) is 124 cm³/mol. The molecule has 1 aromatic carbocycles. The lowest BCUT2D eigenvalue weighted by Gasteiger charge is -2.33. The van der Waals surface area contributed by atoms with Crippen LogP contribution in [0.3, 0.4) is 0 Å². The number of nitrogens with one attached hydrogen (secondary N) is 1. The van der Waals surface area contributed by atoms with Gasteiger partial charge in [-0.1, -0.05) is 19.1 Å². The lowest BCUT2D eigenvalue weighted by Crippen LogP contribution is -2.46. The third-order valence-corrected chi connectivity index (χ3v) is 8.06. The maximum atomic E-state index is 13.6. The summed E-state index contributed by atoms with van der Waals surface area (Å²) in [4.78, 5) is 9.36. The quantitative estimate of drug-likeness (QED) is 0.560. The van der Waals surface area contributed by atoms with Crippen LogP contribution in [0, 0.1) is 13.8 Å². The van der Waals surface area contributed by atoms with Crippen LogP contribution in [0.25, 0.3) is 5.78 Å². The van der Waals surface area contributed by atoms with Gasteiger partial charge in [-0.2, -0.15) is 9.29 Å². The zero-order chi connectivity index (χ0) is 22.7. The summed E-state index contributed by atoms with van der Waals surface area (Å²) in [6.45, 7) is 8.11. The summed E-state index contributed by atoms with van der Waals surface area (Å²) in [5, 5.41) is 7.90. The van der Waals surface area contributed by atoms with E-state index in [9.17, 15) is 8.42 Å². The fourth-order valence-electron chi connectivity index (χ4n) is 4.33. The summed E-state index contributed by atoms with van der Waals surface area (Å²) in [7, 11) is -3.57. The molecule has 0 amide bonds. The van der Waals surface area contributed by atoms with Crippen LogP contribution in [-0.4, -0.2) is 58.0 Å². The number of sulfonamides is 1. The van der Waals surface area contributed by atoms with Crippen molar-refractivity contribution in [1.82, 2.24) is 29.2 Å². The molecule has 0 aliphatic carbocycles. The Balaban J connectivity index is 1.52. The molecule has 172 valence electrons. The summed E-state index contributed by atoms with van der Waals surface area (Å²) in [5.41, 5.74) is 3.03. The molecular formula is C23H32N6O2S. The Morgan fingerprint density at radius 2 is 1.84 bits per heavy atom. The molecule has 1 aliphatic heterocycles. The molecule has 0 spiro atoms. The number of aromatic nitrogens is 4. The molecule has 2 aromatic heterocycles. The fraction of sp³-hybridized carbons (Fsp3) is 0.522. The number of nitrogens with zero attached hydrogens (tertiary/aromatic N) is 5. The van der Waals surface area contributed by atoms with Crippen LogP contribution in [0.15, 0.2) is 35.2 Å². The van der Waals surface area contributed by atoms with Crippen molar-refractivity contribution in [2.75, 3.05) is 19.6 Å². The van der Waals surface area contributed by atoms with Gasteiger partial charge in [-0.25, -0.2) is 17.9 Å². The molecule has 1 fully saturated rings. The highest BCUT2D eigenvalue weighted by Gasteiger charge is 2.32. The van der Waals surface area contributed by atoms with Crippen molar-refractivity contribution in [3.05, 3.63) is 53.1 Å². The second-order valence-corrected chi connectivity index (χ2v) is 10.4. The second-order valence-electron chi connectivity index (χ2n) is 8.48. The highest BCUT2D eigenvalue weighted by atomic mass is 32.2. The van der Waals surface area contributed by atoms with E-state index < -0.39 is 10.0 Å². The first-order chi connectivity index (χ1) is 15.4. The number of rotatable bonds is 8. The van der Waals surface area contributed by atoms with E-state index in [0.717, 1.165) is 49.3 Å². The standard InChI is InChI=1S/C23H32N6O2S/c1-4-19-7-9-21(10-8-19)32(30,31)28(20-11-13-24-14-12-20)15-5-6-22-26-23-25-17(2)16-18(3)29(23)27-22/h7-10,16,20,24H,4-6,11-15H2,1-3H3. The van der Waals surface area contributed by atoms with E-state index in [0.29, 0.717) is 35.9 Å². The van der Waals surface area contributed by atoms with Crippen LogP contribution in [0.5, 0.6) is 0 Å². The Bertz CT molecular complexity index is 1170. The van der Waals surface area contributed by atoms with Crippen LogP contribution in [0.2, 0.25) is 0 Å². The molecule has 4 rings (SSSR count). The van der Waals surface area contributed by atoms with Gasteiger partial charge in [0.1, 0.15) is 0 Å². The first-order valence-electron chi connectivity index (χ1n) is 11.4. The molecule has 0 radical (unpaired) electrons. The number of hydrogen-bond acceptors (Lipinski definition) is 6. The Kier molecular flexibility index (Phi) is 6.88. The zero-order valence-electron chi connectivity index (χ0n) is 19.1. The summed E-state index contributed by atoms with van der Waals surface area (Å²) in [6, 6.07) is 9.27. The third kappa shape index (κ3) is 4.84. The molecule has 1 N–H and O–H groups in total. The van der Waals surface area contributed by atoms with Crippen LogP contribution < -0.4 is 5.32 Å². The summed E-state index contributed by atoms with van der Waals surface area (Å²) in [5.74, 6) is 1.29. The van der Waals surface area contributed by atoms with Gasteiger partial charge >= 0.3 is 0 Å². The van der Waals surface area contributed by atoms with Crippen molar-refractivity contribution in [2.45, 2.75) is 63.8 Å². The van der Waals surface area contributed by atoms with Crippen molar-refractivity contribution < 1.29 is 8.42 Å². The molecule has 8 nitrogen and oxygen atoms in total. The molecule has 1 saturated heterocycles. The van der Waals surface area contributed by atoms with Crippen LogP contribution in [-0.2, 0) is 22.9 Å². The number of piperidine rings is 1. The van der Waals surface area contributed by atoms with E-state index >= 15 is 0 Å². The van der Waals surface area contributed by atoms with Crippen LogP contribution in [0.4, 0.5) is 0 Å². The van der Waals surface area contributed by atoms with Gasteiger partial charge in [0, 0.05) is 30.4 Å². The van der Waals surface area contributed by atoms with E-state index in [4.69, 9.17) is 0 Å². The smallest absolute Gasteiger partial charge is 0.252 e. The van der Waals surface area contributed by atoms with E-state index in [1.54, 1.807) is 21.0 Å². The number of benzene rings is 1. The van der Waals surface area contributed by atoms with Crippen molar-refractivity contribution >= 4 is 15.8 Å². The SMILES string of the molecule is CCc1ccc(S(=O)(=O)N(CCCc2nc3nc(C)cc(C)n3n2)C2CCNCC2)cc1. The van der Waals surface area contributed by atoms with Gasteiger partial charge < -0.3 is 5.32 Å². The Morgan fingerprint density at radius 1 is 1.12 bits per heavy atom. The van der Waals surface area contributed by atoms with Crippen molar-refractivity contribution in [2.24, 2.45) is 0 Å². The minimum absolute atomic E-state index is 0.00712. The monoisotopic (exact) mass is 456 g/mol. The normalized spacial score (nSPS) is 15.6. The highest BCUT2D eigenvalue weighted by Crippen LogP contribution is 2.24. The summed E-state index contributed by atoms with van der Waals surface area (Å²) >= 11 is 0. The lowest BCUT2D eigenvalue weighted by molar-refractivity contribution is 0.259. The molecule has 0 saturated carbocycles. The summed E-state index contributed by atoms with van der Waals surface area (Å²) in [6.07, 6.45) is 3.79. The molecule has 3 aromatic rings. The minimum atomic E-state index is -3.57. The van der Waals surface area contributed by atoms with Gasteiger partial charge in [0.15, 0.2) is 5.82 Å². The molecule has 0 atom stereocenters. The third-order valence-electron chi connectivity index (χ3n) is 6.10. The summed E-state index contributed by atoms with van der Waals surface area (Å²) < 4.78 is 30.6. The molecule has 3 heterocycles. The Labute approximate surface area is 190 Å². The Hall–Kier alpha value is -2.36. The number of fused-ring (bicyclic) bond motifs is 1. The van der Waals surface area contributed by atoms with E-state index in [-0.39, 0.29) is 6.04 Å².